The second-order valence-electron chi connectivity index (χ2n) is 4.69. The van der Waals surface area contributed by atoms with Gasteiger partial charge in [-0.1, -0.05) is 18.9 Å². The zero-order valence-corrected chi connectivity index (χ0v) is 9.98. The Balaban J connectivity index is 1.89. The summed E-state index contributed by atoms with van der Waals surface area (Å²) in [7, 11) is 0. The highest BCUT2D eigenvalue weighted by atomic mass is 15.2. The topological polar surface area (TPSA) is 54.5 Å². The zero-order valence-electron chi connectivity index (χ0n) is 9.98. The number of nitrogens with zero attached hydrogens (tertiary/aromatic N) is 3. The highest BCUT2D eigenvalue weighted by molar-refractivity contribution is 5.48. The lowest BCUT2D eigenvalue weighted by molar-refractivity contribution is 0.672. The lowest BCUT2D eigenvalue weighted by Crippen LogP contribution is -1.94. The van der Waals surface area contributed by atoms with Crippen molar-refractivity contribution in [3.8, 4) is 11.5 Å². The van der Waals surface area contributed by atoms with E-state index >= 15 is 0 Å². The third-order valence-electron chi connectivity index (χ3n) is 3.36. The van der Waals surface area contributed by atoms with Gasteiger partial charge in [-0.2, -0.15) is 5.10 Å². The van der Waals surface area contributed by atoms with Gasteiger partial charge in [0.15, 0.2) is 5.82 Å². The van der Waals surface area contributed by atoms with E-state index in [1.807, 2.05) is 25.1 Å². The first kappa shape index (κ1) is 10.4. The molecule has 88 valence electrons. The van der Waals surface area contributed by atoms with Crippen LogP contribution in [-0.4, -0.2) is 20.2 Å². The molecule has 0 amide bonds. The van der Waals surface area contributed by atoms with Gasteiger partial charge in [-0.15, -0.1) is 0 Å². The Kier molecular flexibility index (Phi) is 2.63. The lowest BCUT2D eigenvalue weighted by Gasteiger charge is -2.01. The van der Waals surface area contributed by atoms with E-state index in [0.717, 1.165) is 23.0 Å². The molecular weight excluding hydrogens is 212 g/mol. The van der Waals surface area contributed by atoms with Crippen molar-refractivity contribution < 1.29 is 0 Å². The zero-order chi connectivity index (χ0) is 11.7. The standard InChI is InChI=1S/C13H16N4/c1-9-5-4-8-11(14-9)13-15-12(16-17-13)10-6-2-3-7-10/h4-5,8,10H,2-3,6-7H2,1H3,(H,15,16,17). The van der Waals surface area contributed by atoms with E-state index in [-0.39, 0.29) is 0 Å². The van der Waals surface area contributed by atoms with Crippen molar-refractivity contribution in [3.63, 3.8) is 0 Å². The maximum Gasteiger partial charge on any atom is 0.199 e. The number of aryl methyl sites for hydroxylation is 1. The van der Waals surface area contributed by atoms with Crippen LogP contribution in [0.5, 0.6) is 0 Å². The smallest absolute Gasteiger partial charge is 0.199 e. The SMILES string of the molecule is Cc1cccc(-c2n[nH]c(C3CCCC3)n2)n1. The predicted molar refractivity (Wildman–Crippen MR) is 65.6 cm³/mol. The minimum absolute atomic E-state index is 0.570. The van der Waals surface area contributed by atoms with Crippen molar-refractivity contribution in [2.24, 2.45) is 0 Å². The van der Waals surface area contributed by atoms with Gasteiger partial charge in [0.1, 0.15) is 11.5 Å². The monoisotopic (exact) mass is 228 g/mol. The Morgan fingerprint density at radius 2 is 2.00 bits per heavy atom. The molecule has 0 aromatic carbocycles. The first-order valence-electron chi connectivity index (χ1n) is 6.19. The van der Waals surface area contributed by atoms with Crippen LogP contribution in [0.4, 0.5) is 0 Å². The Hall–Kier alpha value is -1.71. The van der Waals surface area contributed by atoms with Crippen molar-refractivity contribution in [2.75, 3.05) is 0 Å². The quantitative estimate of drug-likeness (QED) is 0.859. The third-order valence-corrected chi connectivity index (χ3v) is 3.36. The number of pyridine rings is 1. The van der Waals surface area contributed by atoms with E-state index in [2.05, 4.69) is 20.2 Å². The minimum Gasteiger partial charge on any atom is -0.262 e. The summed E-state index contributed by atoms with van der Waals surface area (Å²) < 4.78 is 0. The van der Waals surface area contributed by atoms with Gasteiger partial charge < -0.3 is 0 Å². The molecule has 0 atom stereocenters. The van der Waals surface area contributed by atoms with Gasteiger partial charge >= 0.3 is 0 Å². The molecule has 4 heteroatoms. The van der Waals surface area contributed by atoms with Crippen LogP contribution in [0.2, 0.25) is 0 Å². The van der Waals surface area contributed by atoms with E-state index < -0.39 is 0 Å². The summed E-state index contributed by atoms with van der Waals surface area (Å²) in [4.78, 5) is 9.01. The van der Waals surface area contributed by atoms with Gasteiger partial charge in [-0.05, 0) is 31.9 Å². The van der Waals surface area contributed by atoms with E-state index in [4.69, 9.17) is 0 Å². The van der Waals surface area contributed by atoms with Crippen LogP contribution in [-0.2, 0) is 0 Å². The van der Waals surface area contributed by atoms with E-state index in [1.165, 1.54) is 25.7 Å². The average molecular weight is 228 g/mol. The maximum atomic E-state index is 4.57. The van der Waals surface area contributed by atoms with Crippen LogP contribution >= 0.6 is 0 Å². The number of nitrogens with one attached hydrogen (secondary N) is 1. The molecule has 1 fully saturated rings. The number of H-pyrrole nitrogens is 1. The minimum atomic E-state index is 0.570. The molecule has 2 aromatic rings. The van der Waals surface area contributed by atoms with Crippen LogP contribution < -0.4 is 0 Å². The van der Waals surface area contributed by atoms with Gasteiger partial charge in [0, 0.05) is 11.6 Å². The van der Waals surface area contributed by atoms with Crippen LogP contribution in [0.15, 0.2) is 18.2 Å². The van der Waals surface area contributed by atoms with Crippen molar-refractivity contribution in [3.05, 3.63) is 29.7 Å². The molecule has 0 unspecified atom stereocenters. The summed E-state index contributed by atoms with van der Waals surface area (Å²) in [6.45, 7) is 1.98. The Labute approximate surface area is 101 Å². The van der Waals surface area contributed by atoms with Crippen LogP contribution in [0.1, 0.15) is 43.1 Å². The summed E-state index contributed by atoms with van der Waals surface area (Å²) in [5.41, 5.74) is 1.85. The fourth-order valence-corrected chi connectivity index (χ4v) is 2.44. The van der Waals surface area contributed by atoms with E-state index in [9.17, 15) is 0 Å². The van der Waals surface area contributed by atoms with Gasteiger partial charge in [0.25, 0.3) is 0 Å². The number of aromatic amines is 1. The molecular formula is C13H16N4. The number of hydrogen-bond donors (Lipinski definition) is 1. The molecule has 1 aliphatic rings. The van der Waals surface area contributed by atoms with Crippen LogP contribution in [0, 0.1) is 6.92 Å². The number of rotatable bonds is 2. The first-order valence-corrected chi connectivity index (χ1v) is 6.19. The molecule has 0 spiro atoms. The molecule has 4 nitrogen and oxygen atoms in total. The van der Waals surface area contributed by atoms with E-state index in [0.29, 0.717) is 5.92 Å². The van der Waals surface area contributed by atoms with Crippen molar-refractivity contribution >= 4 is 0 Å². The molecule has 0 saturated heterocycles. The summed E-state index contributed by atoms with van der Waals surface area (Å²) >= 11 is 0. The van der Waals surface area contributed by atoms with E-state index in [1.54, 1.807) is 0 Å². The van der Waals surface area contributed by atoms with Gasteiger partial charge in [0.05, 0.1) is 0 Å². The largest absolute Gasteiger partial charge is 0.262 e. The second kappa shape index (κ2) is 4.28. The number of aromatic nitrogens is 4. The molecule has 2 aromatic heterocycles. The molecule has 3 rings (SSSR count). The molecule has 17 heavy (non-hydrogen) atoms. The molecule has 0 bridgehead atoms. The summed E-state index contributed by atoms with van der Waals surface area (Å²) in [5.74, 6) is 2.32. The normalized spacial score (nSPS) is 16.5. The Morgan fingerprint density at radius 3 is 2.76 bits per heavy atom. The van der Waals surface area contributed by atoms with Gasteiger partial charge in [0.2, 0.25) is 0 Å². The fourth-order valence-electron chi connectivity index (χ4n) is 2.44. The lowest BCUT2D eigenvalue weighted by atomic mass is 10.1. The molecule has 1 aliphatic carbocycles. The van der Waals surface area contributed by atoms with Gasteiger partial charge in [-0.25, -0.2) is 9.97 Å². The van der Waals surface area contributed by atoms with Crippen LogP contribution in [0.25, 0.3) is 11.5 Å². The molecule has 1 N–H and O–H groups in total. The number of hydrogen-bond acceptors (Lipinski definition) is 3. The predicted octanol–water partition coefficient (Wildman–Crippen LogP) is 2.83. The highest BCUT2D eigenvalue weighted by Gasteiger charge is 2.21. The third kappa shape index (κ3) is 2.07. The summed E-state index contributed by atoms with van der Waals surface area (Å²) in [5, 5.41) is 7.34. The molecule has 0 radical (unpaired) electrons. The highest BCUT2D eigenvalue weighted by Crippen LogP contribution is 2.32. The molecule has 0 aliphatic heterocycles. The summed E-state index contributed by atoms with van der Waals surface area (Å²) in [6, 6.07) is 5.92. The average Bonchev–Trinajstić information content (AvgIpc) is 3.00. The van der Waals surface area contributed by atoms with Crippen molar-refractivity contribution in [1.82, 2.24) is 20.2 Å². The Bertz CT molecular complexity index is 512. The second-order valence-corrected chi connectivity index (χ2v) is 4.69. The van der Waals surface area contributed by atoms with Gasteiger partial charge in [-0.3, -0.25) is 5.10 Å². The molecule has 1 saturated carbocycles. The maximum absolute atomic E-state index is 4.57. The Morgan fingerprint density at radius 1 is 1.18 bits per heavy atom. The van der Waals surface area contributed by atoms with Crippen molar-refractivity contribution in [1.29, 1.82) is 0 Å². The fraction of sp³-hybridized carbons (Fsp3) is 0.462. The van der Waals surface area contributed by atoms with Crippen LogP contribution in [0.3, 0.4) is 0 Å². The first-order chi connectivity index (χ1) is 8.33. The summed E-state index contributed by atoms with van der Waals surface area (Å²) in [6.07, 6.45) is 5.08. The van der Waals surface area contributed by atoms with Crippen molar-refractivity contribution in [2.45, 2.75) is 38.5 Å². The molecule has 2 heterocycles.